The van der Waals surface area contributed by atoms with Crippen molar-refractivity contribution in [2.24, 2.45) is 0 Å². The maximum atomic E-state index is 12.9. The highest BCUT2D eigenvalue weighted by Crippen LogP contribution is 2.18. The Labute approximate surface area is 120 Å². The molecule has 0 heterocycles. The van der Waals surface area contributed by atoms with Gasteiger partial charge < -0.3 is 5.32 Å². The molecule has 3 N–H and O–H groups in total. The number of halogens is 1. The SMILES string of the molecule is O=C(/C=C/c1cccc(F)c1)NNC(=O)C(=O)NC1CC1. The van der Waals surface area contributed by atoms with E-state index in [2.05, 4.69) is 10.7 Å². The van der Waals surface area contributed by atoms with Crippen LogP contribution in [0.5, 0.6) is 0 Å². The first-order valence-electron chi connectivity index (χ1n) is 6.39. The van der Waals surface area contributed by atoms with E-state index in [1.54, 1.807) is 6.07 Å². The van der Waals surface area contributed by atoms with Crippen LogP contribution in [0.25, 0.3) is 6.08 Å². The molecule has 0 saturated heterocycles. The molecular formula is C14H14FN3O3. The van der Waals surface area contributed by atoms with Crippen LogP contribution in [0, 0.1) is 5.82 Å². The second-order valence-electron chi connectivity index (χ2n) is 4.58. The zero-order chi connectivity index (χ0) is 15.2. The minimum Gasteiger partial charge on any atom is -0.345 e. The van der Waals surface area contributed by atoms with Crippen molar-refractivity contribution >= 4 is 23.8 Å². The quantitative estimate of drug-likeness (QED) is 0.424. The van der Waals surface area contributed by atoms with Gasteiger partial charge in [0.2, 0.25) is 0 Å². The summed E-state index contributed by atoms with van der Waals surface area (Å²) >= 11 is 0. The van der Waals surface area contributed by atoms with Gasteiger partial charge in [-0.05, 0) is 36.6 Å². The van der Waals surface area contributed by atoms with Crippen LogP contribution in [0.1, 0.15) is 18.4 Å². The van der Waals surface area contributed by atoms with Crippen LogP contribution in [0.4, 0.5) is 4.39 Å². The number of carbonyl (C=O) groups is 3. The van der Waals surface area contributed by atoms with Gasteiger partial charge in [-0.1, -0.05) is 12.1 Å². The van der Waals surface area contributed by atoms with Crippen molar-refractivity contribution in [3.63, 3.8) is 0 Å². The van der Waals surface area contributed by atoms with Crippen molar-refractivity contribution < 1.29 is 18.8 Å². The van der Waals surface area contributed by atoms with E-state index in [0.717, 1.165) is 18.9 Å². The number of nitrogens with one attached hydrogen (secondary N) is 3. The third-order valence-corrected chi connectivity index (χ3v) is 2.69. The summed E-state index contributed by atoms with van der Waals surface area (Å²) in [7, 11) is 0. The highest BCUT2D eigenvalue weighted by molar-refractivity contribution is 6.35. The average molecular weight is 291 g/mol. The number of carbonyl (C=O) groups excluding carboxylic acids is 3. The first-order valence-corrected chi connectivity index (χ1v) is 6.39. The van der Waals surface area contributed by atoms with E-state index in [-0.39, 0.29) is 6.04 Å². The first-order chi connectivity index (χ1) is 10.0. The lowest BCUT2D eigenvalue weighted by molar-refractivity contribution is -0.140. The third-order valence-electron chi connectivity index (χ3n) is 2.69. The van der Waals surface area contributed by atoms with Crippen LogP contribution in [-0.4, -0.2) is 23.8 Å². The van der Waals surface area contributed by atoms with Crippen molar-refractivity contribution in [3.8, 4) is 0 Å². The van der Waals surface area contributed by atoms with Crippen molar-refractivity contribution in [1.29, 1.82) is 0 Å². The van der Waals surface area contributed by atoms with Crippen LogP contribution in [0.15, 0.2) is 30.3 Å². The maximum absolute atomic E-state index is 12.9. The number of hydrazine groups is 1. The zero-order valence-corrected chi connectivity index (χ0v) is 11.1. The standard InChI is InChI=1S/C14H14FN3O3/c15-10-3-1-2-9(8-10)4-7-12(19)17-18-14(21)13(20)16-11-5-6-11/h1-4,7-8,11H,5-6H2,(H,16,20)(H,17,19)(H,18,21)/b7-4+. The van der Waals surface area contributed by atoms with Crippen molar-refractivity contribution in [2.45, 2.75) is 18.9 Å². The van der Waals surface area contributed by atoms with Crippen molar-refractivity contribution in [2.75, 3.05) is 0 Å². The molecule has 6 nitrogen and oxygen atoms in total. The monoisotopic (exact) mass is 291 g/mol. The van der Waals surface area contributed by atoms with Crippen LogP contribution in [-0.2, 0) is 14.4 Å². The topological polar surface area (TPSA) is 87.3 Å². The van der Waals surface area contributed by atoms with Gasteiger partial charge in [0.25, 0.3) is 5.91 Å². The summed E-state index contributed by atoms with van der Waals surface area (Å²) in [6.07, 6.45) is 4.23. The molecule has 0 bridgehead atoms. The summed E-state index contributed by atoms with van der Waals surface area (Å²) < 4.78 is 12.9. The van der Waals surface area contributed by atoms with E-state index in [0.29, 0.717) is 5.56 Å². The second-order valence-corrected chi connectivity index (χ2v) is 4.58. The predicted molar refractivity (Wildman–Crippen MR) is 72.9 cm³/mol. The maximum Gasteiger partial charge on any atom is 0.327 e. The molecule has 1 aliphatic rings. The van der Waals surface area contributed by atoms with E-state index in [1.165, 1.54) is 24.3 Å². The average Bonchev–Trinajstić information content (AvgIpc) is 3.26. The van der Waals surface area contributed by atoms with Crippen molar-refractivity contribution in [3.05, 3.63) is 41.7 Å². The summed E-state index contributed by atoms with van der Waals surface area (Å²) in [5.41, 5.74) is 4.55. The summed E-state index contributed by atoms with van der Waals surface area (Å²) in [6, 6.07) is 5.74. The Morgan fingerprint density at radius 2 is 1.90 bits per heavy atom. The third kappa shape index (κ3) is 5.06. The molecule has 1 saturated carbocycles. The number of hydrogen-bond donors (Lipinski definition) is 3. The number of hydrogen-bond acceptors (Lipinski definition) is 3. The molecule has 21 heavy (non-hydrogen) atoms. The Balaban J connectivity index is 1.76. The van der Waals surface area contributed by atoms with Crippen molar-refractivity contribution in [1.82, 2.24) is 16.2 Å². The summed E-state index contributed by atoms with van der Waals surface area (Å²) in [4.78, 5) is 34.0. The smallest absolute Gasteiger partial charge is 0.327 e. The normalized spacial score (nSPS) is 13.8. The Bertz CT molecular complexity index is 597. The lowest BCUT2D eigenvalue weighted by Gasteiger charge is -2.05. The van der Waals surface area contributed by atoms with E-state index >= 15 is 0 Å². The molecule has 0 aliphatic heterocycles. The Kier molecular flexibility index (Phi) is 4.65. The molecule has 1 fully saturated rings. The summed E-state index contributed by atoms with van der Waals surface area (Å²) in [5.74, 6) is -2.77. The lowest BCUT2D eigenvalue weighted by Crippen LogP contribution is -2.48. The number of rotatable bonds is 3. The Morgan fingerprint density at radius 3 is 2.57 bits per heavy atom. The number of amides is 3. The van der Waals surface area contributed by atoms with Gasteiger partial charge in [0.05, 0.1) is 0 Å². The molecule has 0 spiro atoms. The van der Waals surface area contributed by atoms with Crippen LogP contribution < -0.4 is 16.2 Å². The molecule has 0 unspecified atom stereocenters. The van der Waals surface area contributed by atoms with E-state index in [1.807, 2.05) is 5.43 Å². The molecule has 1 aliphatic carbocycles. The molecule has 110 valence electrons. The second kappa shape index (κ2) is 6.65. The van der Waals surface area contributed by atoms with Gasteiger partial charge in [-0.15, -0.1) is 0 Å². The van der Waals surface area contributed by atoms with Crippen LogP contribution in [0.2, 0.25) is 0 Å². The predicted octanol–water partition coefficient (Wildman–Crippen LogP) is 0.265. The van der Waals surface area contributed by atoms with Gasteiger partial charge in [-0.2, -0.15) is 0 Å². The fourth-order valence-electron chi connectivity index (χ4n) is 1.48. The van der Waals surface area contributed by atoms with Gasteiger partial charge in [0, 0.05) is 12.1 Å². The first kappa shape index (κ1) is 14.7. The van der Waals surface area contributed by atoms with Gasteiger partial charge in [-0.25, -0.2) is 4.39 Å². The molecule has 3 amide bonds. The Morgan fingerprint density at radius 1 is 1.14 bits per heavy atom. The minimum atomic E-state index is -0.936. The molecule has 0 radical (unpaired) electrons. The summed E-state index contributed by atoms with van der Waals surface area (Å²) in [6.45, 7) is 0. The Hall–Kier alpha value is -2.70. The number of benzene rings is 1. The molecule has 7 heteroatoms. The van der Waals surface area contributed by atoms with Crippen LogP contribution >= 0.6 is 0 Å². The lowest BCUT2D eigenvalue weighted by atomic mass is 10.2. The molecule has 2 rings (SSSR count). The molecule has 0 atom stereocenters. The molecule has 1 aromatic carbocycles. The van der Waals surface area contributed by atoms with Gasteiger partial charge in [0.1, 0.15) is 5.82 Å². The van der Waals surface area contributed by atoms with Gasteiger partial charge >= 0.3 is 11.8 Å². The summed E-state index contributed by atoms with van der Waals surface area (Å²) in [5, 5.41) is 2.48. The van der Waals surface area contributed by atoms with Crippen LogP contribution in [0.3, 0.4) is 0 Å². The fourth-order valence-corrected chi connectivity index (χ4v) is 1.48. The van der Waals surface area contributed by atoms with E-state index < -0.39 is 23.5 Å². The van der Waals surface area contributed by atoms with Gasteiger partial charge in [0.15, 0.2) is 0 Å². The highest BCUT2D eigenvalue weighted by atomic mass is 19.1. The van der Waals surface area contributed by atoms with E-state index in [9.17, 15) is 18.8 Å². The van der Waals surface area contributed by atoms with Gasteiger partial charge in [-0.3, -0.25) is 25.2 Å². The molecular weight excluding hydrogens is 277 g/mol. The largest absolute Gasteiger partial charge is 0.345 e. The van der Waals surface area contributed by atoms with E-state index in [4.69, 9.17) is 0 Å². The zero-order valence-electron chi connectivity index (χ0n) is 11.1. The molecule has 0 aromatic heterocycles. The molecule has 1 aromatic rings. The highest BCUT2D eigenvalue weighted by Gasteiger charge is 2.26. The minimum absolute atomic E-state index is 0.0619. The fraction of sp³-hybridized carbons (Fsp3) is 0.214.